The Labute approximate surface area is 116 Å². The molecule has 0 heterocycles. The molecule has 0 unspecified atom stereocenters. The molecule has 0 aliphatic heterocycles. The number of hydrogen-bond acceptors (Lipinski definition) is 3. The molecule has 3 nitrogen and oxygen atoms in total. The lowest BCUT2D eigenvalue weighted by atomic mass is 9.84. The molecule has 1 aromatic rings. The molecule has 3 heteroatoms. The fourth-order valence-corrected chi connectivity index (χ4v) is 2.32. The molecule has 19 heavy (non-hydrogen) atoms. The van der Waals surface area contributed by atoms with E-state index < -0.39 is 5.54 Å². The van der Waals surface area contributed by atoms with Gasteiger partial charge in [0.05, 0.1) is 18.2 Å². The molecule has 0 saturated heterocycles. The van der Waals surface area contributed by atoms with Crippen LogP contribution in [0, 0.1) is 5.92 Å². The average molecular weight is 263 g/mol. The molecule has 0 saturated carbocycles. The number of hydrogen-bond donors (Lipinski definition) is 1. The summed E-state index contributed by atoms with van der Waals surface area (Å²) in [7, 11) is 0. The molecular formula is C16H25NO2. The second-order valence-corrected chi connectivity index (χ2v) is 5.82. The van der Waals surface area contributed by atoms with Gasteiger partial charge in [-0.2, -0.15) is 0 Å². The minimum absolute atomic E-state index is 0.0187. The molecule has 106 valence electrons. The zero-order valence-corrected chi connectivity index (χ0v) is 12.3. The smallest absolute Gasteiger partial charge is 0.141 e. The van der Waals surface area contributed by atoms with Crippen LogP contribution in [0.25, 0.3) is 0 Å². The zero-order chi connectivity index (χ0) is 14.5. The number of rotatable bonds is 7. The first-order valence-corrected chi connectivity index (χ1v) is 6.79. The molecule has 0 amide bonds. The van der Waals surface area contributed by atoms with E-state index in [-0.39, 0.29) is 12.7 Å². The van der Waals surface area contributed by atoms with Gasteiger partial charge < -0.3 is 15.3 Å². The van der Waals surface area contributed by atoms with E-state index in [0.717, 1.165) is 6.29 Å². The van der Waals surface area contributed by atoms with Crippen LogP contribution in [0.5, 0.6) is 0 Å². The van der Waals surface area contributed by atoms with E-state index in [0.29, 0.717) is 11.8 Å². The summed E-state index contributed by atoms with van der Waals surface area (Å²) in [5.74, 6) is 0.751. The van der Waals surface area contributed by atoms with Crippen LogP contribution in [0.2, 0.25) is 0 Å². The zero-order valence-electron chi connectivity index (χ0n) is 12.3. The summed E-state index contributed by atoms with van der Waals surface area (Å²) in [4.78, 5) is 10.8. The highest BCUT2D eigenvalue weighted by molar-refractivity contribution is 5.63. The minimum atomic E-state index is -0.910. The minimum Gasteiger partial charge on any atom is -0.375 e. The van der Waals surface area contributed by atoms with Gasteiger partial charge in [-0.1, -0.05) is 44.2 Å². The first-order valence-electron chi connectivity index (χ1n) is 6.79. The van der Waals surface area contributed by atoms with Crippen LogP contribution in [-0.2, 0) is 9.53 Å². The highest BCUT2D eigenvalue weighted by Gasteiger charge is 2.26. The number of carbonyl (C=O) groups is 1. The highest BCUT2D eigenvalue weighted by Crippen LogP contribution is 2.29. The Balaban J connectivity index is 2.75. The van der Waals surface area contributed by atoms with Crippen molar-refractivity contribution in [3.05, 3.63) is 35.9 Å². The summed E-state index contributed by atoms with van der Waals surface area (Å²) < 4.78 is 5.82. The Morgan fingerprint density at radius 2 is 1.84 bits per heavy atom. The van der Waals surface area contributed by atoms with Gasteiger partial charge in [0, 0.05) is 5.92 Å². The molecule has 0 aliphatic carbocycles. The van der Waals surface area contributed by atoms with Crippen LogP contribution in [0.4, 0.5) is 0 Å². The molecule has 1 rings (SSSR count). The van der Waals surface area contributed by atoms with Crippen LogP contribution in [0.15, 0.2) is 30.3 Å². The third kappa shape index (κ3) is 4.77. The van der Waals surface area contributed by atoms with Gasteiger partial charge in [0.2, 0.25) is 0 Å². The molecular weight excluding hydrogens is 238 g/mol. The molecule has 0 aliphatic rings. The molecule has 0 spiro atoms. The van der Waals surface area contributed by atoms with E-state index in [4.69, 9.17) is 10.5 Å². The second kappa shape index (κ2) is 6.83. The summed E-state index contributed by atoms with van der Waals surface area (Å²) in [6, 6.07) is 10.3. The van der Waals surface area contributed by atoms with E-state index in [1.54, 1.807) is 6.92 Å². The van der Waals surface area contributed by atoms with Crippen molar-refractivity contribution in [2.75, 3.05) is 6.61 Å². The van der Waals surface area contributed by atoms with Crippen LogP contribution < -0.4 is 5.73 Å². The van der Waals surface area contributed by atoms with E-state index in [1.165, 1.54) is 5.56 Å². The molecule has 3 atom stereocenters. The Hall–Kier alpha value is -1.19. The summed E-state index contributed by atoms with van der Waals surface area (Å²) in [5.41, 5.74) is 6.14. The van der Waals surface area contributed by atoms with Gasteiger partial charge in [0.15, 0.2) is 0 Å². The van der Waals surface area contributed by atoms with Gasteiger partial charge in [-0.15, -0.1) is 0 Å². The predicted octanol–water partition coefficient (Wildman–Crippen LogP) is 2.75. The Morgan fingerprint density at radius 3 is 2.32 bits per heavy atom. The molecule has 0 aromatic heterocycles. The van der Waals surface area contributed by atoms with Crippen LogP contribution >= 0.6 is 0 Å². The van der Waals surface area contributed by atoms with Gasteiger partial charge in [0.1, 0.15) is 6.29 Å². The van der Waals surface area contributed by atoms with Crippen molar-refractivity contribution in [1.29, 1.82) is 0 Å². The molecule has 2 N–H and O–H groups in total. The second-order valence-electron chi connectivity index (χ2n) is 5.82. The summed E-state index contributed by atoms with van der Waals surface area (Å²) >= 11 is 0. The lowest BCUT2D eigenvalue weighted by Crippen LogP contribution is -2.44. The van der Waals surface area contributed by atoms with Crippen LogP contribution in [0.1, 0.15) is 39.2 Å². The summed E-state index contributed by atoms with van der Waals surface area (Å²) in [6.07, 6.45) is 0.761. The van der Waals surface area contributed by atoms with Crippen molar-refractivity contribution in [3.63, 3.8) is 0 Å². The maximum absolute atomic E-state index is 10.8. The first kappa shape index (κ1) is 15.9. The standard InChI is InChI=1S/C16H25NO2/c1-12(2)15(14-8-6-5-7-9-14)13(3)19-11-16(4,17)10-18/h5-10,12-13,15H,11,17H2,1-4H3/t13-,15+,16-/m0/s1. The summed E-state index contributed by atoms with van der Waals surface area (Å²) in [5, 5.41) is 0. The number of benzene rings is 1. The summed E-state index contributed by atoms with van der Waals surface area (Å²) in [6.45, 7) is 8.32. The van der Waals surface area contributed by atoms with Gasteiger partial charge in [-0.25, -0.2) is 0 Å². The van der Waals surface area contributed by atoms with Crippen molar-refractivity contribution in [3.8, 4) is 0 Å². The fraction of sp³-hybridized carbons (Fsp3) is 0.562. The number of ether oxygens (including phenoxy) is 1. The third-order valence-corrected chi connectivity index (χ3v) is 3.33. The molecule has 0 fully saturated rings. The van der Waals surface area contributed by atoms with Crippen molar-refractivity contribution in [2.24, 2.45) is 11.7 Å². The maximum atomic E-state index is 10.8. The van der Waals surface area contributed by atoms with E-state index in [1.807, 2.05) is 25.1 Å². The Kier molecular flexibility index (Phi) is 5.70. The number of carbonyl (C=O) groups excluding carboxylic acids is 1. The average Bonchev–Trinajstić information content (AvgIpc) is 2.37. The highest BCUT2D eigenvalue weighted by atomic mass is 16.5. The topological polar surface area (TPSA) is 52.3 Å². The van der Waals surface area contributed by atoms with Gasteiger partial charge in [-0.3, -0.25) is 0 Å². The van der Waals surface area contributed by atoms with E-state index in [2.05, 4.69) is 26.0 Å². The quantitative estimate of drug-likeness (QED) is 0.770. The van der Waals surface area contributed by atoms with Crippen molar-refractivity contribution >= 4 is 6.29 Å². The van der Waals surface area contributed by atoms with Gasteiger partial charge >= 0.3 is 0 Å². The predicted molar refractivity (Wildman–Crippen MR) is 78.1 cm³/mol. The van der Waals surface area contributed by atoms with Crippen LogP contribution in [0.3, 0.4) is 0 Å². The Bertz CT molecular complexity index is 387. The largest absolute Gasteiger partial charge is 0.375 e. The Morgan fingerprint density at radius 1 is 1.26 bits per heavy atom. The molecule has 0 radical (unpaired) electrons. The normalized spacial score (nSPS) is 17.8. The maximum Gasteiger partial charge on any atom is 0.141 e. The number of aldehydes is 1. The molecule has 0 bridgehead atoms. The van der Waals surface area contributed by atoms with Crippen molar-refractivity contribution < 1.29 is 9.53 Å². The van der Waals surface area contributed by atoms with Gasteiger partial charge in [0.25, 0.3) is 0 Å². The molecule has 1 aromatic carbocycles. The van der Waals surface area contributed by atoms with E-state index in [9.17, 15) is 4.79 Å². The lowest BCUT2D eigenvalue weighted by molar-refractivity contribution is -0.114. The first-order chi connectivity index (χ1) is 8.87. The lowest BCUT2D eigenvalue weighted by Gasteiger charge is -2.30. The van der Waals surface area contributed by atoms with Crippen molar-refractivity contribution in [1.82, 2.24) is 0 Å². The van der Waals surface area contributed by atoms with E-state index >= 15 is 0 Å². The SMILES string of the molecule is CC(C)[C@@H](c1ccccc1)[C@H](C)OC[C@@](C)(N)C=O. The number of nitrogens with two attached hydrogens (primary N) is 1. The van der Waals surface area contributed by atoms with Gasteiger partial charge in [-0.05, 0) is 25.3 Å². The fourth-order valence-electron chi connectivity index (χ4n) is 2.32. The monoisotopic (exact) mass is 263 g/mol. The van der Waals surface area contributed by atoms with Crippen LogP contribution in [-0.4, -0.2) is 24.5 Å². The van der Waals surface area contributed by atoms with Crippen molar-refractivity contribution in [2.45, 2.75) is 45.3 Å². The third-order valence-electron chi connectivity index (χ3n) is 3.33.